The summed E-state index contributed by atoms with van der Waals surface area (Å²) in [6.45, 7) is 13.2. The Hall–Kier alpha value is -5.08. The molecule has 0 aliphatic rings. The van der Waals surface area contributed by atoms with Crippen LogP contribution in [0.2, 0.25) is 0 Å². The number of nitrogens with zero attached hydrogens (tertiary/aromatic N) is 2. The van der Waals surface area contributed by atoms with E-state index in [2.05, 4.69) is 145 Å². The van der Waals surface area contributed by atoms with E-state index in [-0.39, 0.29) is 0 Å². The highest BCUT2D eigenvalue weighted by Gasteiger charge is 2.19. The van der Waals surface area contributed by atoms with Crippen molar-refractivity contribution in [2.75, 3.05) is 0 Å². The Labute approximate surface area is 260 Å². The molecule has 7 rings (SSSR count). The van der Waals surface area contributed by atoms with Gasteiger partial charge >= 0.3 is 0 Å². The quantitative estimate of drug-likeness (QED) is 0.197. The van der Waals surface area contributed by atoms with Gasteiger partial charge in [-0.05, 0) is 127 Å². The Morgan fingerprint density at radius 3 is 1.34 bits per heavy atom. The molecule has 0 amide bonds. The van der Waals surface area contributed by atoms with Crippen LogP contribution in [0.1, 0.15) is 33.4 Å². The molecule has 0 saturated heterocycles. The van der Waals surface area contributed by atoms with Crippen molar-refractivity contribution in [2.24, 2.45) is 0 Å². The number of hydrogen-bond acceptors (Lipinski definition) is 2. The zero-order chi connectivity index (χ0) is 30.5. The lowest BCUT2D eigenvalue weighted by atomic mass is 9.89. The van der Waals surface area contributed by atoms with Crippen LogP contribution < -0.4 is 0 Å². The summed E-state index contributed by atoms with van der Waals surface area (Å²) >= 11 is 0. The van der Waals surface area contributed by atoms with E-state index in [1.165, 1.54) is 77.5 Å². The summed E-state index contributed by atoms with van der Waals surface area (Å²) in [7, 11) is 0. The van der Waals surface area contributed by atoms with Gasteiger partial charge in [0.25, 0.3) is 0 Å². The van der Waals surface area contributed by atoms with E-state index in [1.807, 2.05) is 6.20 Å². The molecule has 2 heteroatoms. The molecule has 0 aliphatic carbocycles. The molecule has 214 valence electrons. The van der Waals surface area contributed by atoms with E-state index < -0.39 is 0 Å². The molecular weight excluding hydrogens is 532 g/mol. The van der Waals surface area contributed by atoms with Gasteiger partial charge in [0.05, 0.1) is 16.7 Å². The van der Waals surface area contributed by atoms with Crippen LogP contribution in [0, 0.1) is 41.5 Å². The number of aromatic nitrogens is 2. The van der Waals surface area contributed by atoms with Crippen LogP contribution in [0.4, 0.5) is 0 Å². The molecule has 2 heterocycles. The minimum Gasteiger partial charge on any atom is -0.254 e. The fourth-order valence-corrected chi connectivity index (χ4v) is 6.63. The van der Waals surface area contributed by atoms with Gasteiger partial charge in [-0.15, -0.1) is 0 Å². The third-order valence-corrected chi connectivity index (χ3v) is 9.52. The summed E-state index contributed by atoms with van der Waals surface area (Å²) in [6.07, 6.45) is 1.99. The largest absolute Gasteiger partial charge is 0.254 e. The summed E-state index contributed by atoms with van der Waals surface area (Å²) in [5.41, 5.74) is 19.0. The van der Waals surface area contributed by atoms with Gasteiger partial charge in [0.1, 0.15) is 0 Å². The van der Waals surface area contributed by atoms with Crippen LogP contribution >= 0.6 is 0 Å². The van der Waals surface area contributed by atoms with Crippen molar-refractivity contribution in [3.63, 3.8) is 0 Å². The first-order valence-electron chi connectivity index (χ1n) is 15.3. The van der Waals surface area contributed by atoms with Gasteiger partial charge in [0.15, 0.2) is 0 Å². The Balaban J connectivity index is 1.37. The molecule has 5 aromatic carbocycles. The zero-order valence-corrected chi connectivity index (χ0v) is 26.3. The number of fused-ring (bicyclic) bond motifs is 3. The molecule has 0 bridgehead atoms. The van der Waals surface area contributed by atoms with Crippen LogP contribution in [-0.4, -0.2) is 9.97 Å². The third kappa shape index (κ3) is 4.59. The predicted octanol–water partition coefficient (Wildman–Crippen LogP) is 11.3. The van der Waals surface area contributed by atoms with Gasteiger partial charge in [0.2, 0.25) is 0 Å². The molecule has 0 radical (unpaired) electrons. The van der Waals surface area contributed by atoms with Crippen molar-refractivity contribution in [1.29, 1.82) is 0 Å². The van der Waals surface area contributed by atoms with Crippen LogP contribution in [0.3, 0.4) is 0 Å². The topological polar surface area (TPSA) is 25.8 Å². The zero-order valence-electron chi connectivity index (χ0n) is 26.3. The highest BCUT2D eigenvalue weighted by Crippen LogP contribution is 2.39. The third-order valence-electron chi connectivity index (χ3n) is 9.52. The molecule has 2 nitrogen and oxygen atoms in total. The van der Waals surface area contributed by atoms with Crippen LogP contribution in [0.5, 0.6) is 0 Å². The second-order valence-corrected chi connectivity index (χ2v) is 12.1. The van der Waals surface area contributed by atoms with Crippen molar-refractivity contribution in [1.82, 2.24) is 9.97 Å². The molecule has 0 aliphatic heterocycles. The molecule has 44 heavy (non-hydrogen) atoms. The highest BCUT2D eigenvalue weighted by molar-refractivity contribution is 6.09. The maximum absolute atomic E-state index is 5.35. The van der Waals surface area contributed by atoms with Gasteiger partial charge in [0, 0.05) is 22.5 Å². The van der Waals surface area contributed by atoms with E-state index in [4.69, 9.17) is 9.97 Å². The predicted molar refractivity (Wildman–Crippen MR) is 187 cm³/mol. The Morgan fingerprint density at radius 1 is 0.386 bits per heavy atom. The molecule has 0 fully saturated rings. The van der Waals surface area contributed by atoms with E-state index in [1.54, 1.807) is 0 Å². The van der Waals surface area contributed by atoms with Crippen molar-refractivity contribution >= 4 is 21.8 Å². The van der Waals surface area contributed by atoms with E-state index in [0.717, 1.165) is 22.3 Å². The van der Waals surface area contributed by atoms with Crippen LogP contribution in [0.25, 0.3) is 66.4 Å². The molecule has 0 spiro atoms. The molecular formula is C42H36N2. The Morgan fingerprint density at radius 2 is 0.818 bits per heavy atom. The standard InChI is InChI=1S/C42H36N2/c1-25-24-43-41-38(26(25)2)27(3)28(4)39-29(5)30(6)40(44-42(39)41)34-19-17-33(18-20-34)37-22-35(31-13-9-7-10-14-31)21-36(23-37)32-15-11-8-12-16-32/h7-24H,1-6H3. The summed E-state index contributed by atoms with van der Waals surface area (Å²) in [5, 5.41) is 2.47. The van der Waals surface area contributed by atoms with Crippen molar-refractivity contribution < 1.29 is 0 Å². The summed E-state index contributed by atoms with van der Waals surface area (Å²) < 4.78 is 0. The Bertz CT molecular complexity index is 2140. The minimum absolute atomic E-state index is 0.997. The average Bonchev–Trinajstić information content (AvgIpc) is 3.07. The lowest BCUT2D eigenvalue weighted by Crippen LogP contribution is -2.01. The first-order valence-corrected chi connectivity index (χ1v) is 15.3. The number of benzene rings is 5. The number of aryl methyl sites for hydroxylation is 5. The summed E-state index contributed by atoms with van der Waals surface area (Å²) in [4.78, 5) is 10.3. The summed E-state index contributed by atoms with van der Waals surface area (Å²) in [6, 6.07) is 37.1. The second-order valence-electron chi connectivity index (χ2n) is 12.1. The van der Waals surface area contributed by atoms with Crippen molar-refractivity contribution in [3.05, 3.63) is 143 Å². The van der Waals surface area contributed by atoms with E-state index in [9.17, 15) is 0 Å². The number of pyridine rings is 2. The van der Waals surface area contributed by atoms with Gasteiger partial charge in [-0.3, -0.25) is 4.98 Å². The van der Waals surface area contributed by atoms with E-state index >= 15 is 0 Å². The van der Waals surface area contributed by atoms with Crippen molar-refractivity contribution in [3.8, 4) is 44.6 Å². The summed E-state index contributed by atoms with van der Waals surface area (Å²) in [5.74, 6) is 0. The number of rotatable bonds is 4. The van der Waals surface area contributed by atoms with E-state index in [0.29, 0.717) is 0 Å². The first kappa shape index (κ1) is 27.7. The number of hydrogen-bond donors (Lipinski definition) is 0. The van der Waals surface area contributed by atoms with Gasteiger partial charge in [-0.2, -0.15) is 0 Å². The van der Waals surface area contributed by atoms with Gasteiger partial charge in [-0.25, -0.2) is 4.98 Å². The fourth-order valence-electron chi connectivity index (χ4n) is 6.63. The van der Waals surface area contributed by atoms with Crippen molar-refractivity contribution in [2.45, 2.75) is 41.5 Å². The normalized spacial score (nSPS) is 11.4. The molecule has 7 aromatic rings. The highest BCUT2D eigenvalue weighted by atomic mass is 14.8. The maximum atomic E-state index is 5.35. The first-order chi connectivity index (χ1) is 21.3. The lowest BCUT2D eigenvalue weighted by Gasteiger charge is -2.19. The van der Waals surface area contributed by atoms with Gasteiger partial charge < -0.3 is 0 Å². The van der Waals surface area contributed by atoms with Crippen LogP contribution in [0.15, 0.2) is 109 Å². The monoisotopic (exact) mass is 568 g/mol. The molecule has 0 unspecified atom stereocenters. The molecule has 2 aromatic heterocycles. The average molecular weight is 569 g/mol. The molecule has 0 saturated carbocycles. The maximum Gasteiger partial charge on any atom is 0.0977 e. The SMILES string of the molecule is Cc1cnc2c(c1C)c(C)c(C)c1c(C)c(C)c(-c3ccc(-c4cc(-c5ccccc5)cc(-c5ccccc5)c4)cc3)nc12. The second kappa shape index (κ2) is 10.9. The van der Waals surface area contributed by atoms with Crippen LogP contribution in [-0.2, 0) is 0 Å². The fraction of sp³-hybridized carbons (Fsp3) is 0.143. The smallest absolute Gasteiger partial charge is 0.0977 e. The molecule has 0 atom stereocenters. The van der Waals surface area contributed by atoms with Gasteiger partial charge in [-0.1, -0.05) is 84.9 Å². The minimum atomic E-state index is 0.997. The molecule has 0 N–H and O–H groups in total. The Kier molecular flexibility index (Phi) is 6.86. The lowest BCUT2D eigenvalue weighted by molar-refractivity contribution is 1.23.